The number of nitrogens with one attached hydrogen (secondary N) is 2. The third-order valence-corrected chi connectivity index (χ3v) is 7.90. The van der Waals surface area contributed by atoms with Crippen LogP contribution in [-0.4, -0.2) is 40.3 Å². The van der Waals surface area contributed by atoms with Crippen LogP contribution in [0.1, 0.15) is 37.7 Å². The van der Waals surface area contributed by atoms with Crippen molar-refractivity contribution < 1.29 is 14.3 Å². The minimum atomic E-state index is -0.362. The standard InChI is InChI=1S/C34H35N5O3S/c1-22-10-12-24(13-11-22)39-32(20-31(38-39)34(2,3)4)37-33(41)36-29-14-15-30(28-9-7-6-8-27(28)29)43-26-16-17-35-23(19-26)18-25(40)21-42-5/h6-17,19-20H,18,21H2,1-5H3,(H2,36,37,41). The van der Waals surface area contributed by atoms with Crippen LogP contribution in [-0.2, 0) is 21.4 Å². The second-order valence-corrected chi connectivity index (χ2v) is 12.5. The van der Waals surface area contributed by atoms with Crippen molar-refractivity contribution in [2.45, 2.75) is 49.3 Å². The number of aryl methyl sites for hydroxylation is 1. The van der Waals surface area contributed by atoms with Crippen molar-refractivity contribution in [3.8, 4) is 5.69 Å². The highest BCUT2D eigenvalue weighted by atomic mass is 32.2. The maximum Gasteiger partial charge on any atom is 0.324 e. The van der Waals surface area contributed by atoms with Crippen molar-refractivity contribution in [3.63, 3.8) is 0 Å². The monoisotopic (exact) mass is 593 g/mol. The van der Waals surface area contributed by atoms with Crippen LogP contribution in [0.15, 0.2) is 94.9 Å². The van der Waals surface area contributed by atoms with E-state index in [0.717, 1.165) is 37.5 Å². The maximum absolute atomic E-state index is 13.4. The summed E-state index contributed by atoms with van der Waals surface area (Å²) in [5.41, 5.74) is 4.08. The van der Waals surface area contributed by atoms with Crippen molar-refractivity contribution in [1.82, 2.24) is 14.8 Å². The number of fused-ring (bicyclic) bond motifs is 1. The van der Waals surface area contributed by atoms with Crippen molar-refractivity contribution in [3.05, 3.63) is 102 Å². The van der Waals surface area contributed by atoms with Gasteiger partial charge in [0.1, 0.15) is 12.4 Å². The average Bonchev–Trinajstić information content (AvgIpc) is 3.39. The second kappa shape index (κ2) is 12.8. The molecule has 5 rings (SSSR count). The molecule has 2 N–H and O–H groups in total. The molecule has 2 amide bonds. The maximum atomic E-state index is 13.4. The van der Waals surface area contributed by atoms with Gasteiger partial charge in [-0.05, 0) is 48.7 Å². The highest BCUT2D eigenvalue weighted by molar-refractivity contribution is 7.99. The molecule has 2 heterocycles. The largest absolute Gasteiger partial charge is 0.377 e. The molecular weight excluding hydrogens is 558 g/mol. The van der Waals surface area contributed by atoms with Gasteiger partial charge in [-0.2, -0.15) is 5.10 Å². The highest BCUT2D eigenvalue weighted by Gasteiger charge is 2.22. The number of urea groups is 1. The number of carbonyl (C=O) groups excluding carboxylic acids is 2. The minimum absolute atomic E-state index is 0.0205. The number of methoxy groups -OCH3 is 1. The number of hydrogen-bond donors (Lipinski definition) is 2. The van der Waals surface area contributed by atoms with Gasteiger partial charge in [-0.3, -0.25) is 15.1 Å². The van der Waals surface area contributed by atoms with Crippen LogP contribution in [0.4, 0.5) is 16.3 Å². The van der Waals surface area contributed by atoms with Gasteiger partial charge in [0.2, 0.25) is 0 Å². The summed E-state index contributed by atoms with van der Waals surface area (Å²) in [7, 11) is 1.51. The molecule has 0 saturated carbocycles. The summed E-state index contributed by atoms with van der Waals surface area (Å²) in [4.78, 5) is 31.7. The Morgan fingerprint density at radius 3 is 2.40 bits per heavy atom. The van der Waals surface area contributed by atoms with E-state index in [-0.39, 0.29) is 30.3 Å². The Labute approximate surface area is 255 Å². The smallest absolute Gasteiger partial charge is 0.324 e. The van der Waals surface area contributed by atoms with E-state index in [1.807, 2.05) is 85.8 Å². The zero-order valence-electron chi connectivity index (χ0n) is 25.0. The number of pyridine rings is 1. The van der Waals surface area contributed by atoms with Crippen LogP contribution in [0.3, 0.4) is 0 Å². The molecule has 43 heavy (non-hydrogen) atoms. The molecule has 0 unspecified atom stereocenters. The lowest BCUT2D eigenvalue weighted by Gasteiger charge is -2.14. The van der Waals surface area contributed by atoms with Crippen LogP contribution in [0, 0.1) is 6.92 Å². The number of anilines is 2. The lowest BCUT2D eigenvalue weighted by Crippen LogP contribution is -2.21. The Bertz CT molecular complexity index is 1770. The number of ketones is 1. The Hall–Kier alpha value is -4.47. The van der Waals surface area contributed by atoms with Gasteiger partial charge >= 0.3 is 6.03 Å². The van der Waals surface area contributed by atoms with E-state index in [2.05, 4.69) is 36.4 Å². The summed E-state index contributed by atoms with van der Waals surface area (Å²) in [5.74, 6) is 0.563. The third-order valence-electron chi connectivity index (χ3n) is 6.83. The fourth-order valence-corrected chi connectivity index (χ4v) is 5.62. The number of rotatable bonds is 9. The predicted octanol–water partition coefficient (Wildman–Crippen LogP) is 7.58. The first kappa shape index (κ1) is 30.0. The Balaban J connectivity index is 1.38. The number of benzene rings is 3. The SMILES string of the molecule is COCC(=O)Cc1cc(Sc2ccc(NC(=O)Nc3cc(C(C)(C)C)nn3-c3ccc(C)cc3)c3ccccc23)ccn1. The second-order valence-electron chi connectivity index (χ2n) is 11.4. The minimum Gasteiger partial charge on any atom is -0.377 e. The molecule has 0 fully saturated rings. The summed E-state index contributed by atoms with van der Waals surface area (Å²) < 4.78 is 6.71. The fraction of sp³-hybridized carbons (Fsp3) is 0.235. The zero-order valence-corrected chi connectivity index (χ0v) is 25.8. The van der Waals surface area contributed by atoms with Crippen molar-refractivity contribution >= 4 is 45.9 Å². The van der Waals surface area contributed by atoms with Crippen molar-refractivity contribution in [2.75, 3.05) is 24.4 Å². The molecule has 220 valence electrons. The van der Waals surface area contributed by atoms with Gasteiger partial charge in [0, 0.05) is 45.7 Å². The van der Waals surface area contributed by atoms with E-state index < -0.39 is 0 Å². The van der Waals surface area contributed by atoms with E-state index >= 15 is 0 Å². The van der Waals surface area contributed by atoms with E-state index in [4.69, 9.17) is 9.84 Å². The average molecular weight is 594 g/mol. The molecule has 3 aromatic carbocycles. The normalized spacial score (nSPS) is 11.5. The molecule has 0 radical (unpaired) electrons. The molecule has 0 aliphatic heterocycles. The van der Waals surface area contributed by atoms with Crippen molar-refractivity contribution in [1.29, 1.82) is 0 Å². The first-order valence-corrected chi connectivity index (χ1v) is 14.8. The molecule has 9 heteroatoms. The van der Waals surface area contributed by atoms with Gasteiger partial charge in [0.25, 0.3) is 0 Å². The van der Waals surface area contributed by atoms with Gasteiger partial charge in [-0.25, -0.2) is 9.48 Å². The van der Waals surface area contributed by atoms with Gasteiger partial charge in [-0.1, -0.05) is 74.5 Å². The molecule has 0 atom stereocenters. The number of amides is 2. The molecule has 5 aromatic rings. The molecule has 0 aliphatic carbocycles. The molecular formula is C34H35N5O3S. The summed E-state index contributed by atoms with van der Waals surface area (Å²) in [6.07, 6.45) is 1.94. The summed E-state index contributed by atoms with van der Waals surface area (Å²) >= 11 is 1.58. The number of Topliss-reactive ketones (excluding diaryl/α,β-unsaturated/α-hetero) is 1. The topological polar surface area (TPSA) is 98.1 Å². The zero-order chi connectivity index (χ0) is 30.6. The first-order valence-electron chi connectivity index (χ1n) is 14.0. The number of ether oxygens (including phenoxy) is 1. The van der Waals surface area contributed by atoms with Crippen molar-refractivity contribution in [2.24, 2.45) is 0 Å². The number of nitrogens with zero attached hydrogens (tertiary/aromatic N) is 3. The van der Waals surface area contributed by atoms with Crippen LogP contribution >= 0.6 is 11.8 Å². The Morgan fingerprint density at radius 2 is 1.67 bits per heavy atom. The van der Waals surface area contributed by atoms with Gasteiger partial charge in [0.05, 0.1) is 23.5 Å². The highest BCUT2D eigenvalue weighted by Crippen LogP contribution is 2.37. The first-order chi connectivity index (χ1) is 20.6. The summed E-state index contributed by atoms with van der Waals surface area (Å²) in [5, 5.41) is 12.8. The van der Waals surface area contributed by atoms with E-state index in [0.29, 0.717) is 17.2 Å². The molecule has 0 aliphatic rings. The van der Waals surface area contributed by atoms with Crippen LogP contribution in [0.5, 0.6) is 0 Å². The van der Waals surface area contributed by atoms with Crippen LogP contribution in [0.25, 0.3) is 16.5 Å². The Kier molecular flexibility index (Phi) is 8.94. The fourth-order valence-electron chi connectivity index (χ4n) is 4.62. The molecule has 0 saturated heterocycles. The van der Waals surface area contributed by atoms with Crippen LogP contribution < -0.4 is 10.6 Å². The third kappa shape index (κ3) is 7.31. The lowest BCUT2D eigenvalue weighted by molar-refractivity contribution is -0.122. The number of carbonyl (C=O) groups is 2. The quantitative estimate of drug-likeness (QED) is 0.183. The predicted molar refractivity (Wildman–Crippen MR) is 173 cm³/mol. The Morgan fingerprint density at radius 1 is 0.930 bits per heavy atom. The lowest BCUT2D eigenvalue weighted by atomic mass is 9.92. The summed E-state index contributed by atoms with van der Waals surface area (Å²) in [6.45, 7) is 8.39. The molecule has 8 nitrogen and oxygen atoms in total. The molecule has 0 bridgehead atoms. The molecule has 0 spiro atoms. The van der Waals surface area contributed by atoms with E-state index in [9.17, 15) is 9.59 Å². The van der Waals surface area contributed by atoms with E-state index in [1.165, 1.54) is 7.11 Å². The van der Waals surface area contributed by atoms with Gasteiger partial charge < -0.3 is 10.1 Å². The molecule has 2 aromatic heterocycles. The summed E-state index contributed by atoms with van der Waals surface area (Å²) in [6, 6.07) is 25.3. The van der Waals surface area contributed by atoms with Crippen LogP contribution in [0.2, 0.25) is 0 Å². The van der Waals surface area contributed by atoms with E-state index in [1.54, 1.807) is 22.6 Å². The van der Waals surface area contributed by atoms with Gasteiger partial charge in [0.15, 0.2) is 5.78 Å². The van der Waals surface area contributed by atoms with Gasteiger partial charge in [-0.15, -0.1) is 0 Å². The number of aromatic nitrogens is 3. The number of hydrogen-bond acceptors (Lipinski definition) is 6.